The van der Waals surface area contributed by atoms with Gasteiger partial charge in [0, 0.05) is 5.41 Å². The average molecular weight is 348 g/mol. The summed E-state index contributed by atoms with van der Waals surface area (Å²) in [6.07, 6.45) is 5.82. The molecule has 1 aliphatic rings. The summed E-state index contributed by atoms with van der Waals surface area (Å²) < 4.78 is 11.2. The van der Waals surface area contributed by atoms with E-state index in [1.54, 1.807) is 0 Å². The lowest BCUT2D eigenvalue weighted by atomic mass is 9.77. The molecule has 2 nitrogen and oxygen atoms in total. The van der Waals surface area contributed by atoms with Crippen LogP contribution in [0.1, 0.15) is 36.1 Å². The predicted octanol–water partition coefficient (Wildman–Crippen LogP) is 5.25. The van der Waals surface area contributed by atoms with Gasteiger partial charge in [-0.15, -0.1) is 13.2 Å². The predicted molar refractivity (Wildman–Crippen MR) is 108 cm³/mol. The van der Waals surface area contributed by atoms with Crippen LogP contribution in [0, 0.1) is 0 Å². The van der Waals surface area contributed by atoms with Crippen LogP contribution in [0.2, 0.25) is 0 Å². The van der Waals surface area contributed by atoms with Crippen molar-refractivity contribution in [1.82, 2.24) is 0 Å². The lowest BCUT2D eigenvalue weighted by Gasteiger charge is -2.28. The van der Waals surface area contributed by atoms with Gasteiger partial charge < -0.3 is 9.47 Å². The van der Waals surface area contributed by atoms with Crippen LogP contribution in [0.15, 0.2) is 67.8 Å². The number of ether oxygens (including phenoxy) is 2. The van der Waals surface area contributed by atoms with E-state index >= 15 is 0 Å². The first kappa shape index (κ1) is 18.5. The Balaban J connectivity index is 1.90. The molecule has 1 unspecified atom stereocenters. The monoisotopic (exact) mass is 348 g/mol. The molecule has 2 aromatic rings. The summed E-state index contributed by atoms with van der Waals surface area (Å²) >= 11 is 0. The highest BCUT2D eigenvalue weighted by molar-refractivity contribution is 5.46. The molecule has 0 N–H and O–H groups in total. The van der Waals surface area contributed by atoms with Crippen LogP contribution in [0.3, 0.4) is 0 Å². The third-order valence-electron chi connectivity index (χ3n) is 5.00. The van der Waals surface area contributed by atoms with Crippen molar-refractivity contribution in [3.8, 4) is 5.75 Å². The van der Waals surface area contributed by atoms with E-state index in [9.17, 15) is 0 Å². The molecule has 1 heterocycles. The maximum atomic E-state index is 5.95. The summed E-state index contributed by atoms with van der Waals surface area (Å²) in [6.45, 7) is 13.7. The standard InChI is InChI=1S/C24H28O2/c1-5-8-18-10-7-11-20(14-18)24(3,4)21-12-13-23(19(15-21)9-6-2)26-17-22-16-25-22/h5-7,10-15,22H,1-2,8-9,16-17H2,3-4H3. The Morgan fingerprint density at radius 1 is 1.08 bits per heavy atom. The van der Waals surface area contributed by atoms with E-state index in [1.807, 2.05) is 12.2 Å². The van der Waals surface area contributed by atoms with Crippen molar-refractivity contribution in [3.05, 3.63) is 90.0 Å². The van der Waals surface area contributed by atoms with Gasteiger partial charge in [0.05, 0.1) is 6.61 Å². The zero-order chi connectivity index (χ0) is 18.6. The van der Waals surface area contributed by atoms with E-state index in [2.05, 4.69) is 69.5 Å². The molecule has 2 heteroatoms. The summed E-state index contributed by atoms with van der Waals surface area (Å²) in [5.41, 5.74) is 4.96. The van der Waals surface area contributed by atoms with Gasteiger partial charge in [-0.05, 0) is 41.2 Å². The van der Waals surface area contributed by atoms with Crippen molar-refractivity contribution in [3.63, 3.8) is 0 Å². The zero-order valence-electron chi connectivity index (χ0n) is 15.8. The minimum Gasteiger partial charge on any atom is -0.490 e. The van der Waals surface area contributed by atoms with Gasteiger partial charge in [-0.3, -0.25) is 0 Å². The molecule has 136 valence electrons. The highest BCUT2D eigenvalue weighted by atomic mass is 16.6. The van der Waals surface area contributed by atoms with E-state index in [-0.39, 0.29) is 11.5 Å². The molecular formula is C24H28O2. The van der Waals surface area contributed by atoms with Crippen LogP contribution in [0.5, 0.6) is 5.75 Å². The van der Waals surface area contributed by atoms with Gasteiger partial charge in [-0.25, -0.2) is 0 Å². The molecule has 1 fully saturated rings. The minimum absolute atomic E-state index is 0.0920. The van der Waals surface area contributed by atoms with Crippen LogP contribution < -0.4 is 4.74 Å². The van der Waals surface area contributed by atoms with Gasteiger partial charge in [0.25, 0.3) is 0 Å². The summed E-state index contributed by atoms with van der Waals surface area (Å²) in [7, 11) is 0. The fraction of sp³-hybridized carbons (Fsp3) is 0.333. The van der Waals surface area contributed by atoms with E-state index in [0.717, 1.165) is 25.2 Å². The second kappa shape index (κ2) is 7.92. The molecule has 0 saturated carbocycles. The fourth-order valence-electron chi connectivity index (χ4n) is 3.19. The molecule has 3 rings (SSSR count). The molecule has 1 aliphatic heterocycles. The molecule has 0 spiro atoms. The molecule has 0 radical (unpaired) electrons. The van der Waals surface area contributed by atoms with E-state index in [0.29, 0.717) is 6.61 Å². The third kappa shape index (κ3) is 4.25. The second-order valence-corrected chi connectivity index (χ2v) is 7.40. The summed E-state index contributed by atoms with van der Waals surface area (Å²) in [6, 6.07) is 15.3. The number of hydrogen-bond acceptors (Lipinski definition) is 2. The fourth-order valence-corrected chi connectivity index (χ4v) is 3.19. The van der Waals surface area contributed by atoms with Crippen LogP contribution >= 0.6 is 0 Å². The Kier molecular flexibility index (Phi) is 5.63. The van der Waals surface area contributed by atoms with Crippen molar-refractivity contribution >= 4 is 0 Å². The lowest BCUT2D eigenvalue weighted by molar-refractivity contribution is 0.261. The normalized spacial score (nSPS) is 16.2. The lowest BCUT2D eigenvalue weighted by Crippen LogP contribution is -2.19. The Hall–Kier alpha value is -2.32. The Bertz CT molecular complexity index is 785. The third-order valence-corrected chi connectivity index (χ3v) is 5.00. The molecule has 0 bridgehead atoms. The highest BCUT2D eigenvalue weighted by Gasteiger charge is 2.26. The van der Waals surface area contributed by atoms with Crippen LogP contribution in [0.25, 0.3) is 0 Å². The number of epoxide rings is 1. The van der Waals surface area contributed by atoms with Crippen LogP contribution in [-0.2, 0) is 23.0 Å². The Morgan fingerprint density at radius 2 is 1.81 bits per heavy atom. The Morgan fingerprint density at radius 3 is 2.50 bits per heavy atom. The first-order valence-electron chi connectivity index (χ1n) is 9.23. The van der Waals surface area contributed by atoms with E-state index < -0.39 is 0 Å². The molecule has 2 aromatic carbocycles. The minimum atomic E-state index is -0.0920. The van der Waals surface area contributed by atoms with Gasteiger partial charge in [0.2, 0.25) is 0 Å². The van der Waals surface area contributed by atoms with Crippen LogP contribution in [0.4, 0.5) is 0 Å². The van der Waals surface area contributed by atoms with Gasteiger partial charge in [-0.1, -0.05) is 62.4 Å². The van der Waals surface area contributed by atoms with E-state index in [4.69, 9.17) is 9.47 Å². The molecular weight excluding hydrogens is 320 g/mol. The quantitative estimate of drug-likeness (QED) is 0.456. The maximum absolute atomic E-state index is 5.95. The van der Waals surface area contributed by atoms with Crippen LogP contribution in [-0.4, -0.2) is 19.3 Å². The van der Waals surface area contributed by atoms with Crippen molar-refractivity contribution < 1.29 is 9.47 Å². The summed E-state index contributed by atoms with van der Waals surface area (Å²) in [5, 5.41) is 0. The number of benzene rings is 2. The van der Waals surface area contributed by atoms with Gasteiger partial charge >= 0.3 is 0 Å². The van der Waals surface area contributed by atoms with Crippen molar-refractivity contribution in [2.45, 2.75) is 38.2 Å². The highest BCUT2D eigenvalue weighted by Crippen LogP contribution is 2.35. The van der Waals surface area contributed by atoms with Crippen molar-refractivity contribution in [2.24, 2.45) is 0 Å². The molecule has 1 saturated heterocycles. The SMILES string of the molecule is C=CCc1cccc(C(C)(C)c2ccc(OCC3CO3)c(CC=C)c2)c1. The zero-order valence-corrected chi connectivity index (χ0v) is 15.8. The average Bonchev–Trinajstić information content (AvgIpc) is 3.46. The second-order valence-electron chi connectivity index (χ2n) is 7.40. The molecule has 0 aliphatic carbocycles. The molecule has 26 heavy (non-hydrogen) atoms. The molecule has 0 amide bonds. The maximum Gasteiger partial charge on any atom is 0.122 e. The molecule has 1 atom stereocenters. The summed E-state index contributed by atoms with van der Waals surface area (Å²) in [5.74, 6) is 0.931. The summed E-state index contributed by atoms with van der Waals surface area (Å²) in [4.78, 5) is 0. The van der Waals surface area contributed by atoms with Gasteiger partial charge in [0.15, 0.2) is 0 Å². The number of hydrogen-bond donors (Lipinski definition) is 0. The first-order valence-corrected chi connectivity index (χ1v) is 9.23. The van der Waals surface area contributed by atoms with Gasteiger partial charge in [0.1, 0.15) is 18.5 Å². The largest absolute Gasteiger partial charge is 0.490 e. The van der Waals surface area contributed by atoms with Gasteiger partial charge in [-0.2, -0.15) is 0 Å². The Labute approximate surface area is 157 Å². The van der Waals surface area contributed by atoms with Crippen molar-refractivity contribution in [2.75, 3.05) is 13.2 Å². The van der Waals surface area contributed by atoms with E-state index in [1.165, 1.54) is 22.3 Å². The molecule has 0 aromatic heterocycles. The topological polar surface area (TPSA) is 21.8 Å². The smallest absolute Gasteiger partial charge is 0.122 e. The first-order chi connectivity index (χ1) is 12.5. The van der Waals surface area contributed by atoms with Crippen molar-refractivity contribution in [1.29, 1.82) is 0 Å². The number of allylic oxidation sites excluding steroid dienone is 2. The number of rotatable bonds is 9.